The van der Waals surface area contributed by atoms with Gasteiger partial charge in [-0.1, -0.05) is 90.4 Å². The third-order valence-electron chi connectivity index (χ3n) is 7.18. The lowest BCUT2D eigenvalue weighted by molar-refractivity contribution is -0.121. The second-order valence-corrected chi connectivity index (χ2v) is 10.4. The van der Waals surface area contributed by atoms with Gasteiger partial charge >= 0.3 is 0 Å². The molecular formula is C31H53N3O2. The van der Waals surface area contributed by atoms with Gasteiger partial charge < -0.3 is 20.7 Å². The Kier molecular flexibility index (Phi) is 16.9. The first-order chi connectivity index (χ1) is 17.7. The summed E-state index contributed by atoms with van der Waals surface area (Å²) in [7, 11) is 0. The highest BCUT2D eigenvalue weighted by molar-refractivity contribution is 5.84. The van der Waals surface area contributed by atoms with E-state index in [2.05, 4.69) is 22.5 Å². The van der Waals surface area contributed by atoms with Crippen molar-refractivity contribution in [3.05, 3.63) is 30.0 Å². The number of unbranched alkanes of at least 4 members (excludes halogenated alkanes) is 14. The number of hydrogen-bond acceptors (Lipinski definition) is 3. The summed E-state index contributed by atoms with van der Waals surface area (Å²) < 4.78 is 0. The monoisotopic (exact) mass is 499 g/mol. The number of hydrogen-bond donors (Lipinski definition) is 4. The van der Waals surface area contributed by atoms with Gasteiger partial charge in [-0.3, -0.25) is 4.79 Å². The lowest BCUT2D eigenvalue weighted by atomic mass is 10.1. The number of carbonyl (C=O) groups excluding carboxylic acids is 1. The summed E-state index contributed by atoms with van der Waals surface area (Å²) in [5.74, 6) is 0.416. The number of aromatic nitrogens is 1. The molecular weight excluding hydrogens is 446 g/mol. The Hall–Kier alpha value is -2.01. The average molecular weight is 500 g/mol. The van der Waals surface area contributed by atoms with E-state index in [-0.39, 0.29) is 11.7 Å². The Morgan fingerprint density at radius 1 is 0.778 bits per heavy atom. The number of amides is 1. The molecule has 0 spiro atoms. The molecule has 5 nitrogen and oxygen atoms in total. The van der Waals surface area contributed by atoms with Crippen LogP contribution in [0.15, 0.2) is 24.4 Å². The van der Waals surface area contributed by atoms with Gasteiger partial charge in [0.15, 0.2) is 0 Å². The van der Waals surface area contributed by atoms with Crippen molar-refractivity contribution in [1.29, 1.82) is 0 Å². The van der Waals surface area contributed by atoms with Crippen molar-refractivity contribution in [3.63, 3.8) is 0 Å². The summed E-state index contributed by atoms with van der Waals surface area (Å²) in [5.41, 5.74) is 2.14. The molecule has 204 valence electrons. The van der Waals surface area contributed by atoms with Crippen molar-refractivity contribution in [3.8, 4) is 5.75 Å². The minimum Gasteiger partial charge on any atom is -0.508 e. The summed E-state index contributed by atoms with van der Waals surface area (Å²) in [5, 5.41) is 17.3. The maximum absolute atomic E-state index is 12.1. The molecule has 0 atom stereocenters. The fraction of sp³-hybridized carbons (Fsp3) is 0.710. The Bertz CT molecular complexity index is 817. The number of benzene rings is 1. The average Bonchev–Trinajstić information content (AvgIpc) is 3.27. The molecule has 0 unspecified atom stereocenters. The van der Waals surface area contributed by atoms with Gasteiger partial charge in [0.25, 0.3) is 0 Å². The molecule has 0 bridgehead atoms. The molecule has 0 fully saturated rings. The Labute approximate surface area is 220 Å². The zero-order chi connectivity index (χ0) is 25.7. The summed E-state index contributed by atoms with van der Waals surface area (Å²) in [6, 6.07) is 5.33. The number of H-pyrrole nitrogens is 1. The van der Waals surface area contributed by atoms with Gasteiger partial charge in [-0.05, 0) is 62.5 Å². The molecule has 2 rings (SSSR count). The number of fused-ring (bicyclic) bond motifs is 1. The van der Waals surface area contributed by atoms with Crippen molar-refractivity contribution < 1.29 is 9.90 Å². The van der Waals surface area contributed by atoms with Gasteiger partial charge in [-0.15, -0.1) is 0 Å². The molecule has 0 radical (unpaired) electrons. The molecule has 1 aromatic heterocycles. The van der Waals surface area contributed by atoms with Crippen LogP contribution in [-0.2, 0) is 11.2 Å². The van der Waals surface area contributed by atoms with E-state index >= 15 is 0 Å². The molecule has 0 aliphatic rings. The normalized spacial score (nSPS) is 11.4. The maximum Gasteiger partial charge on any atom is 0.220 e. The van der Waals surface area contributed by atoms with E-state index in [9.17, 15) is 9.90 Å². The first-order valence-electron chi connectivity index (χ1n) is 15.0. The van der Waals surface area contributed by atoms with Crippen molar-refractivity contribution in [2.45, 2.75) is 122 Å². The Morgan fingerprint density at radius 2 is 1.36 bits per heavy atom. The molecule has 0 saturated heterocycles. The quantitative estimate of drug-likeness (QED) is 0.118. The number of aromatic amines is 1. The van der Waals surface area contributed by atoms with Crippen LogP contribution in [-0.4, -0.2) is 35.6 Å². The first-order valence-corrected chi connectivity index (χ1v) is 15.0. The summed E-state index contributed by atoms with van der Waals surface area (Å²) in [4.78, 5) is 15.3. The van der Waals surface area contributed by atoms with Crippen molar-refractivity contribution in [1.82, 2.24) is 15.6 Å². The van der Waals surface area contributed by atoms with Gasteiger partial charge in [0.2, 0.25) is 5.91 Å². The fourth-order valence-electron chi connectivity index (χ4n) is 4.90. The molecule has 1 heterocycles. The smallest absolute Gasteiger partial charge is 0.220 e. The summed E-state index contributed by atoms with van der Waals surface area (Å²) in [6.45, 7) is 5.21. The molecule has 4 N–H and O–H groups in total. The highest BCUT2D eigenvalue weighted by Gasteiger charge is 2.06. The molecule has 1 aromatic carbocycles. The van der Waals surface area contributed by atoms with Crippen LogP contribution in [0.25, 0.3) is 10.9 Å². The first kappa shape index (κ1) is 30.2. The summed E-state index contributed by atoms with van der Waals surface area (Å²) >= 11 is 0. The third kappa shape index (κ3) is 13.9. The van der Waals surface area contributed by atoms with Gasteiger partial charge in [0.1, 0.15) is 5.75 Å². The van der Waals surface area contributed by atoms with Crippen LogP contribution in [0.1, 0.15) is 122 Å². The van der Waals surface area contributed by atoms with Crippen LogP contribution in [0.2, 0.25) is 0 Å². The van der Waals surface area contributed by atoms with Crippen molar-refractivity contribution >= 4 is 16.8 Å². The third-order valence-corrected chi connectivity index (χ3v) is 7.18. The second-order valence-electron chi connectivity index (χ2n) is 10.4. The predicted molar refractivity (Wildman–Crippen MR) is 154 cm³/mol. The van der Waals surface area contributed by atoms with E-state index in [1.165, 1.54) is 89.9 Å². The molecule has 36 heavy (non-hydrogen) atoms. The second kappa shape index (κ2) is 20.1. The van der Waals surface area contributed by atoms with E-state index in [0.717, 1.165) is 48.8 Å². The van der Waals surface area contributed by atoms with Crippen LogP contribution >= 0.6 is 0 Å². The van der Waals surface area contributed by atoms with Gasteiger partial charge in [-0.2, -0.15) is 0 Å². The lowest BCUT2D eigenvalue weighted by Crippen LogP contribution is -2.25. The standard InChI is InChI=1S/C31H53N3O2/c1-2-3-4-5-6-7-8-9-10-13-16-22-32-23-17-14-11-12-15-18-31(36)33-24-21-27-26-34-30-20-19-28(35)25-29(27)30/h19-20,25-26,32,34-35H,2-18,21-24H2,1H3,(H,33,36). The molecule has 0 saturated carbocycles. The van der Waals surface area contributed by atoms with Crippen LogP contribution in [0.3, 0.4) is 0 Å². The Morgan fingerprint density at radius 3 is 2.00 bits per heavy atom. The van der Waals surface area contributed by atoms with Crippen LogP contribution < -0.4 is 10.6 Å². The SMILES string of the molecule is CCCCCCCCCCCCCNCCCCCCCC(=O)NCCc1c[nH]c2ccc(O)cc12. The number of rotatable bonds is 23. The van der Waals surface area contributed by atoms with Gasteiger partial charge in [-0.25, -0.2) is 0 Å². The topological polar surface area (TPSA) is 77.2 Å². The largest absolute Gasteiger partial charge is 0.508 e. The van der Waals surface area contributed by atoms with E-state index in [1.807, 2.05) is 12.3 Å². The van der Waals surface area contributed by atoms with Crippen molar-refractivity contribution in [2.24, 2.45) is 0 Å². The van der Waals surface area contributed by atoms with Crippen LogP contribution in [0.5, 0.6) is 5.75 Å². The number of phenols is 1. The predicted octanol–water partition coefficient (Wildman–Crippen LogP) is 7.77. The molecule has 5 heteroatoms. The zero-order valence-corrected chi connectivity index (χ0v) is 23.0. The maximum atomic E-state index is 12.1. The number of aromatic hydroxyl groups is 1. The van der Waals surface area contributed by atoms with E-state index < -0.39 is 0 Å². The van der Waals surface area contributed by atoms with Crippen LogP contribution in [0, 0.1) is 0 Å². The van der Waals surface area contributed by atoms with Gasteiger partial charge in [0.05, 0.1) is 0 Å². The molecule has 1 amide bonds. The fourth-order valence-corrected chi connectivity index (χ4v) is 4.90. The van der Waals surface area contributed by atoms with E-state index in [0.29, 0.717) is 13.0 Å². The Balaban J connectivity index is 1.30. The molecule has 2 aromatic rings. The lowest BCUT2D eigenvalue weighted by Gasteiger charge is -2.06. The highest BCUT2D eigenvalue weighted by atomic mass is 16.3. The highest BCUT2D eigenvalue weighted by Crippen LogP contribution is 2.23. The summed E-state index contributed by atoms with van der Waals surface area (Å²) in [6.07, 6.45) is 24.6. The number of carbonyl (C=O) groups is 1. The number of nitrogens with one attached hydrogen (secondary N) is 3. The molecule has 0 aliphatic carbocycles. The van der Waals surface area contributed by atoms with E-state index in [1.54, 1.807) is 12.1 Å². The molecule has 0 aliphatic heterocycles. The van der Waals surface area contributed by atoms with Crippen LogP contribution in [0.4, 0.5) is 0 Å². The van der Waals surface area contributed by atoms with Gasteiger partial charge in [0, 0.05) is 30.1 Å². The van der Waals surface area contributed by atoms with E-state index in [4.69, 9.17) is 0 Å². The number of phenolic OH excluding ortho intramolecular Hbond substituents is 1. The minimum atomic E-state index is 0.145. The zero-order valence-electron chi connectivity index (χ0n) is 23.0. The minimum absolute atomic E-state index is 0.145. The van der Waals surface area contributed by atoms with Crippen molar-refractivity contribution in [2.75, 3.05) is 19.6 Å².